The predicted molar refractivity (Wildman–Crippen MR) is 134 cm³/mol. The van der Waals surface area contributed by atoms with Crippen molar-refractivity contribution in [3.05, 3.63) is 95.6 Å². The van der Waals surface area contributed by atoms with Crippen molar-refractivity contribution >= 4 is 27.6 Å². The van der Waals surface area contributed by atoms with E-state index in [9.17, 15) is 18.0 Å². The van der Waals surface area contributed by atoms with Gasteiger partial charge in [0.2, 0.25) is 0 Å². The van der Waals surface area contributed by atoms with Gasteiger partial charge in [-0.1, -0.05) is 54.6 Å². The molecule has 0 spiro atoms. The molecule has 1 atom stereocenters. The molecule has 0 N–H and O–H groups in total. The van der Waals surface area contributed by atoms with Crippen LogP contribution in [0, 0.1) is 0 Å². The summed E-state index contributed by atoms with van der Waals surface area (Å²) in [5, 5.41) is 0. The quantitative estimate of drug-likeness (QED) is 0.462. The predicted octanol–water partition coefficient (Wildman–Crippen LogP) is 4.20. The second-order valence-corrected chi connectivity index (χ2v) is 10.4. The third-order valence-electron chi connectivity index (χ3n) is 6.31. The Morgan fingerprint density at radius 2 is 1.71 bits per heavy atom. The average Bonchev–Trinajstić information content (AvgIpc) is 2.90. The van der Waals surface area contributed by atoms with Crippen LogP contribution in [0.2, 0.25) is 0 Å². The average molecular weight is 493 g/mol. The Kier molecular flexibility index (Phi) is 7.21. The van der Waals surface area contributed by atoms with Gasteiger partial charge in [-0.05, 0) is 55.2 Å². The van der Waals surface area contributed by atoms with Gasteiger partial charge in [0.15, 0.2) is 6.61 Å². The Morgan fingerprint density at radius 3 is 2.49 bits per heavy atom. The lowest BCUT2D eigenvalue weighted by atomic mass is 10.0. The number of nitrogens with zero attached hydrogens (tertiary/aromatic N) is 2. The minimum atomic E-state index is -3.87. The molecule has 0 fully saturated rings. The summed E-state index contributed by atoms with van der Waals surface area (Å²) in [4.78, 5) is 26.8. The Hall–Kier alpha value is -3.65. The summed E-state index contributed by atoms with van der Waals surface area (Å²) >= 11 is 0. The molecule has 3 aromatic carbocycles. The van der Waals surface area contributed by atoms with Gasteiger partial charge in [0.25, 0.3) is 15.9 Å². The highest BCUT2D eigenvalue weighted by Gasteiger charge is 2.29. The summed E-state index contributed by atoms with van der Waals surface area (Å²) in [6, 6.07) is 22.5. The van der Waals surface area contributed by atoms with Crippen LogP contribution in [-0.2, 0) is 26.0 Å². The molecule has 0 saturated carbocycles. The fraction of sp³-hybridized carbons (Fsp3) is 0.259. The molecule has 0 radical (unpaired) electrons. The zero-order valence-electron chi connectivity index (χ0n) is 19.8. The molecule has 35 heavy (non-hydrogen) atoms. The second-order valence-electron chi connectivity index (χ2n) is 8.50. The molecule has 8 heteroatoms. The first kappa shape index (κ1) is 24.5. The number of esters is 1. The van der Waals surface area contributed by atoms with E-state index in [4.69, 9.17) is 4.74 Å². The fourth-order valence-electron chi connectivity index (χ4n) is 4.14. The van der Waals surface area contributed by atoms with Crippen LogP contribution >= 0.6 is 0 Å². The number of carbonyl (C=O) groups is 2. The van der Waals surface area contributed by atoms with Crippen LogP contribution in [0.3, 0.4) is 0 Å². The number of likely N-dealkylation sites (N-methyl/N-ethyl adjacent to an activating group) is 1. The summed E-state index contributed by atoms with van der Waals surface area (Å²) in [7, 11) is -2.22. The molecule has 1 unspecified atom stereocenters. The largest absolute Gasteiger partial charge is 0.452 e. The zero-order chi connectivity index (χ0) is 25.0. The minimum Gasteiger partial charge on any atom is -0.452 e. The number of ether oxygens (including phenoxy) is 1. The molecule has 0 aliphatic carbocycles. The number of fused-ring (bicyclic) bond motifs is 1. The fourth-order valence-corrected chi connectivity index (χ4v) is 5.73. The molecular formula is C27H28N2O5S. The normalized spacial score (nSPS) is 14.1. The Bertz CT molecular complexity index is 1320. The second kappa shape index (κ2) is 10.3. The number of hydrogen-bond acceptors (Lipinski definition) is 5. The van der Waals surface area contributed by atoms with Gasteiger partial charge in [0, 0.05) is 13.6 Å². The van der Waals surface area contributed by atoms with Crippen molar-refractivity contribution in [1.29, 1.82) is 0 Å². The van der Waals surface area contributed by atoms with E-state index >= 15 is 0 Å². The number of para-hydroxylation sites is 1. The highest BCUT2D eigenvalue weighted by Crippen LogP contribution is 2.32. The first-order valence-corrected chi connectivity index (χ1v) is 12.9. The Morgan fingerprint density at radius 1 is 1.00 bits per heavy atom. The van der Waals surface area contributed by atoms with Crippen LogP contribution in [0.15, 0.2) is 83.8 Å². The number of rotatable bonds is 7. The highest BCUT2D eigenvalue weighted by atomic mass is 32.2. The zero-order valence-corrected chi connectivity index (χ0v) is 20.6. The molecule has 7 nitrogen and oxygen atoms in total. The van der Waals surface area contributed by atoms with Crippen molar-refractivity contribution in [2.24, 2.45) is 0 Å². The van der Waals surface area contributed by atoms with Gasteiger partial charge in [-0.2, -0.15) is 0 Å². The summed E-state index contributed by atoms with van der Waals surface area (Å²) < 4.78 is 33.4. The van der Waals surface area contributed by atoms with Gasteiger partial charge in [-0.25, -0.2) is 13.2 Å². The summed E-state index contributed by atoms with van der Waals surface area (Å²) in [5.41, 5.74) is 2.67. The molecule has 0 aromatic heterocycles. The van der Waals surface area contributed by atoms with E-state index in [-0.39, 0.29) is 22.4 Å². The number of carbonyl (C=O) groups excluding carboxylic acids is 2. The Labute approximate surface area is 206 Å². The van der Waals surface area contributed by atoms with Crippen LogP contribution in [0.1, 0.15) is 40.9 Å². The minimum absolute atomic E-state index is 0.00444. The maximum absolute atomic E-state index is 13.4. The van der Waals surface area contributed by atoms with E-state index in [1.54, 1.807) is 13.1 Å². The number of amides is 1. The van der Waals surface area contributed by atoms with E-state index in [0.29, 0.717) is 12.2 Å². The van der Waals surface area contributed by atoms with E-state index in [1.807, 2.05) is 55.5 Å². The van der Waals surface area contributed by atoms with Gasteiger partial charge >= 0.3 is 5.97 Å². The molecule has 4 rings (SSSR count). The molecule has 0 saturated heterocycles. The lowest BCUT2D eigenvalue weighted by molar-refractivity contribution is -0.135. The van der Waals surface area contributed by atoms with Crippen LogP contribution in [0.4, 0.5) is 5.69 Å². The maximum Gasteiger partial charge on any atom is 0.338 e. The van der Waals surface area contributed by atoms with Crippen molar-refractivity contribution < 1.29 is 22.7 Å². The van der Waals surface area contributed by atoms with Gasteiger partial charge < -0.3 is 9.64 Å². The number of aryl methyl sites for hydroxylation is 1. The van der Waals surface area contributed by atoms with Crippen molar-refractivity contribution in [3.63, 3.8) is 0 Å². The standard InChI is InChI=1S/C27H28N2O5S/c1-20(21-10-4-3-5-11-21)28(2)26(30)19-34-27(31)23-13-8-15-24(18-23)35(32,33)29-17-9-14-22-12-6-7-16-25(22)29/h3-8,10-13,15-16,18,20H,9,14,17,19H2,1-2H3. The van der Waals surface area contributed by atoms with Crippen molar-refractivity contribution in [2.75, 3.05) is 24.5 Å². The molecule has 182 valence electrons. The number of anilines is 1. The molecule has 0 bridgehead atoms. The summed E-state index contributed by atoms with van der Waals surface area (Å²) in [6.07, 6.45) is 1.54. The SMILES string of the molecule is CC(c1ccccc1)N(C)C(=O)COC(=O)c1cccc(S(=O)(=O)N2CCCc3ccccc32)c1. The van der Waals surface area contributed by atoms with Crippen LogP contribution < -0.4 is 4.31 Å². The third-order valence-corrected chi connectivity index (χ3v) is 8.12. The lowest BCUT2D eigenvalue weighted by Crippen LogP contribution is -2.35. The van der Waals surface area contributed by atoms with Crippen molar-refractivity contribution in [1.82, 2.24) is 4.90 Å². The highest BCUT2D eigenvalue weighted by molar-refractivity contribution is 7.92. The monoisotopic (exact) mass is 492 g/mol. The van der Waals surface area contributed by atoms with E-state index in [1.165, 1.54) is 33.5 Å². The lowest BCUT2D eigenvalue weighted by Gasteiger charge is -2.30. The van der Waals surface area contributed by atoms with Gasteiger partial charge in [0.1, 0.15) is 0 Å². The maximum atomic E-state index is 13.4. The topological polar surface area (TPSA) is 84.0 Å². The van der Waals surface area contributed by atoms with Crippen LogP contribution in [-0.4, -0.2) is 45.4 Å². The summed E-state index contributed by atoms with van der Waals surface area (Å²) in [5.74, 6) is -1.11. The van der Waals surface area contributed by atoms with E-state index < -0.39 is 22.6 Å². The third kappa shape index (κ3) is 5.22. The molecule has 1 amide bonds. The molecular weight excluding hydrogens is 464 g/mol. The summed E-state index contributed by atoms with van der Waals surface area (Å²) in [6.45, 7) is 1.82. The molecule has 1 heterocycles. The molecule has 1 aliphatic rings. The van der Waals surface area contributed by atoms with Crippen molar-refractivity contribution in [2.45, 2.75) is 30.7 Å². The van der Waals surface area contributed by atoms with Crippen molar-refractivity contribution in [3.8, 4) is 0 Å². The number of benzene rings is 3. The van der Waals surface area contributed by atoms with E-state index in [2.05, 4.69) is 0 Å². The van der Waals surface area contributed by atoms with Gasteiger partial charge in [-0.15, -0.1) is 0 Å². The molecule has 1 aliphatic heterocycles. The van der Waals surface area contributed by atoms with Gasteiger partial charge in [0.05, 0.1) is 22.2 Å². The number of hydrogen-bond donors (Lipinski definition) is 0. The first-order valence-electron chi connectivity index (χ1n) is 11.5. The Balaban J connectivity index is 1.45. The van der Waals surface area contributed by atoms with Crippen LogP contribution in [0.25, 0.3) is 0 Å². The van der Waals surface area contributed by atoms with Gasteiger partial charge in [-0.3, -0.25) is 9.10 Å². The smallest absolute Gasteiger partial charge is 0.338 e. The first-order chi connectivity index (χ1) is 16.8. The van der Waals surface area contributed by atoms with E-state index in [0.717, 1.165) is 24.0 Å². The molecule has 3 aromatic rings. The number of sulfonamides is 1. The van der Waals surface area contributed by atoms with Crippen LogP contribution in [0.5, 0.6) is 0 Å².